The predicted octanol–water partition coefficient (Wildman–Crippen LogP) is 8.30. The van der Waals surface area contributed by atoms with Crippen LogP contribution in [0.2, 0.25) is 0 Å². The van der Waals surface area contributed by atoms with E-state index in [2.05, 4.69) is 71.0 Å². The van der Waals surface area contributed by atoms with E-state index in [0.717, 1.165) is 0 Å². The summed E-state index contributed by atoms with van der Waals surface area (Å²) in [5.74, 6) is 35.0. The van der Waals surface area contributed by atoms with E-state index in [4.69, 9.17) is 0 Å². The largest absolute Gasteiger partial charge is 0.508 e. The lowest BCUT2D eigenvalue weighted by molar-refractivity contribution is 0.0686. The highest BCUT2D eigenvalue weighted by molar-refractivity contribution is 5.89. The molecule has 6 N–H and O–H groups in total. The molecule has 9 nitrogen and oxygen atoms in total. The summed E-state index contributed by atoms with van der Waals surface area (Å²) >= 11 is 0. The first-order chi connectivity index (χ1) is 31.9. The highest BCUT2D eigenvalue weighted by atomic mass is 16.4. The summed E-state index contributed by atoms with van der Waals surface area (Å²) < 4.78 is 0. The molecule has 0 amide bonds. The summed E-state index contributed by atoms with van der Waals surface area (Å²) in [6, 6.07) is 36.5. The quantitative estimate of drug-likeness (QED) is 0.0957. The van der Waals surface area contributed by atoms with E-state index < -0.39 is 17.9 Å². The van der Waals surface area contributed by atoms with E-state index in [1.54, 1.807) is 72.8 Å². The van der Waals surface area contributed by atoms with E-state index in [1.807, 2.05) is 0 Å². The Morgan fingerprint density at radius 1 is 0.242 bits per heavy atom. The van der Waals surface area contributed by atoms with Crippen LogP contribution in [0.15, 0.2) is 146 Å². The summed E-state index contributed by atoms with van der Waals surface area (Å²) in [7, 11) is 0. The first-order valence-corrected chi connectivity index (χ1v) is 19.6. The Kier molecular flexibility index (Phi) is 13.3. The Labute approximate surface area is 378 Å². The number of aromatic hydroxyl groups is 3. The zero-order valence-corrected chi connectivity index (χ0v) is 34.3. The topological polar surface area (TPSA) is 173 Å². The van der Waals surface area contributed by atoms with Gasteiger partial charge in [-0.25, -0.2) is 14.4 Å². The molecule has 7 aromatic carbocycles. The predicted molar refractivity (Wildman–Crippen MR) is 247 cm³/mol. The molecule has 0 heterocycles. The molecule has 0 saturated carbocycles. The van der Waals surface area contributed by atoms with Crippen LogP contribution in [0.3, 0.4) is 0 Å². The minimum absolute atomic E-state index is 0.0283. The smallest absolute Gasteiger partial charge is 0.335 e. The molecular weight excluding hydrogens is 829 g/mol. The minimum atomic E-state index is -1.11. The lowest BCUT2D eigenvalue weighted by Gasteiger charge is -2.13. The molecule has 0 fully saturated rings. The van der Waals surface area contributed by atoms with Gasteiger partial charge < -0.3 is 30.6 Å². The first-order valence-electron chi connectivity index (χ1n) is 19.6. The van der Waals surface area contributed by atoms with Crippen molar-refractivity contribution in [3.63, 3.8) is 0 Å². The van der Waals surface area contributed by atoms with Crippen LogP contribution in [0.5, 0.6) is 17.2 Å². The van der Waals surface area contributed by atoms with Gasteiger partial charge in [-0.3, -0.25) is 0 Å². The third-order valence-corrected chi connectivity index (χ3v) is 9.49. The fourth-order valence-electron chi connectivity index (χ4n) is 6.03. The monoisotopic (exact) mass is 858 g/mol. The summed E-state index contributed by atoms with van der Waals surface area (Å²) in [6.45, 7) is 0. The first kappa shape index (κ1) is 43.8. The molecule has 0 saturated heterocycles. The van der Waals surface area contributed by atoms with Crippen LogP contribution in [-0.4, -0.2) is 48.5 Å². The number of hydrogen-bond donors (Lipinski definition) is 6. The van der Waals surface area contributed by atoms with E-state index in [1.165, 1.54) is 72.8 Å². The number of benzene rings is 7. The molecule has 66 heavy (non-hydrogen) atoms. The van der Waals surface area contributed by atoms with Crippen molar-refractivity contribution in [3.8, 4) is 88.3 Å². The molecule has 312 valence electrons. The number of phenolic OH excluding ortho intramolecular Hbond substituents is 3. The van der Waals surface area contributed by atoms with Crippen molar-refractivity contribution in [2.75, 3.05) is 0 Å². The standard InChI is InChI=1S/C57H30O9/c58-46-25-7-40(8-26-46)16-34-52-49(31-13-37-1-19-43(20-2-37)55(61)62)53(35-17-41-9-27-47(59)28-10-41)51(33-15-39-5-23-45(24-6-39)57(65)66)54(36-18-42-11-29-48(60)30-12-42)50(52)32-14-38-3-21-44(22-4-38)56(63)64/h1-12,19-30,58-60H,(H,61,62)(H,63,64)(H,65,66). The molecule has 0 aromatic heterocycles. The molecule has 0 aliphatic rings. The average molecular weight is 859 g/mol. The number of carbonyl (C=O) groups is 3. The van der Waals surface area contributed by atoms with Gasteiger partial charge in [0.05, 0.1) is 50.1 Å². The summed E-state index contributed by atoms with van der Waals surface area (Å²) in [4.78, 5) is 35.1. The van der Waals surface area contributed by atoms with Crippen LogP contribution in [0.4, 0.5) is 0 Å². The van der Waals surface area contributed by atoms with Crippen molar-refractivity contribution >= 4 is 17.9 Å². The van der Waals surface area contributed by atoms with Gasteiger partial charge in [0.1, 0.15) is 17.2 Å². The number of carboxylic acids is 3. The molecule has 0 unspecified atom stereocenters. The molecule has 7 aromatic rings. The summed E-state index contributed by atoms with van der Waals surface area (Å²) in [6.07, 6.45) is 0. The fraction of sp³-hybridized carbons (Fsp3) is 0. The number of carboxylic acid groups (broad SMARTS) is 3. The van der Waals surface area contributed by atoms with E-state index in [-0.39, 0.29) is 67.3 Å². The third kappa shape index (κ3) is 11.1. The Bertz CT molecular complexity index is 3050. The SMILES string of the molecule is O=C(O)c1ccc(C#Cc2c(C#Cc3ccc(O)cc3)c(C#Cc3ccc(C(=O)O)cc3)c(C#Cc3ccc(O)cc3)c(C#Cc3ccc(C(=O)O)cc3)c2C#Cc2ccc(O)cc2)cc1. The van der Waals surface area contributed by atoms with Crippen LogP contribution in [0, 0.1) is 71.0 Å². The highest BCUT2D eigenvalue weighted by Crippen LogP contribution is 2.28. The second-order valence-corrected chi connectivity index (χ2v) is 14.0. The minimum Gasteiger partial charge on any atom is -0.508 e. The van der Waals surface area contributed by atoms with Crippen molar-refractivity contribution in [2.24, 2.45) is 0 Å². The Balaban J connectivity index is 1.65. The van der Waals surface area contributed by atoms with Crippen LogP contribution >= 0.6 is 0 Å². The summed E-state index contributed by atoms with van der Waals surface area (Å²) in [5.41, 5.74) is 4.58. The lowest BCUT2D eigenvalue weighted by Crippen LogP contribution is -2.05. The Morgan fingerprint density at radius 2 is 0.394 bits per heavy atom. The van der Waals surface area contributed by atoms with Gasteiger partial charge in [0.25, 0.3) is 0 Å². The Morgan fingerprint density at radius 3 is 0.545 bits per heavy atom. The molecule has 7 rings (SSSR count). The maximum absolute atomic E-state index is 11.7. The average Bonchev–Trinajstić information content (AvgIpc) is 3.32. The van der Waals surface area contributed by atoms with Crippen LogP contribution in [0.1, 0.15) is 97.8 Å². The molecule has 0 atom stereocenters. The van der Waals surface area contributed by atoms with E-state index >= 15 is 0 Å². The number of phenols is 3. The van der Waals surface area contributed by atoms with Gasteiger partial charge in [-0.2, -0.15) is 0 Å². The third-order valence-electron chi connectivity index (χ3n) is 9.49. The normalized spacial score (nSPS) is 9.64. The molecule has 0 spiro atoms. The maximum atomic E-state index is 11.7. The van der Waals surface area contributed by atoms with E-state index in [0.29, 0.717) is 33.4 Å². The number of rotatable bonds is 3. The number of hydrogen-bond acceptors (Lipinski definition) is 6. The van der Waals surface area contributed by atoms with Gasteiger partial charge in [0.2, 0.25) is 0 Å². The van der Waals surface area contributed by atoms with Crippen LogP contribution < -0.4 is 0 Å². The van der Waals surface area contributed by atoms with Crippen molar-refractivity contribution in [3.05, 3.63) is 229 Å². The van der Waals surface area contributed by atoms with Gasteiger partial charge in [0.15, 0.2) is 0 Å². The molecular formula is C57H30O9. The van der Waals surface area contributed by atoms with Crippen LogP contribution in [0.25, 0.3) is 0 Å². The van der Waals surface area contributed by atoms with Crippen molar-refractivity contribution in [1.29, 1.82) is 0 Å². The van der Waals surface area contributed by atoms with Crippen molar-refractivity contribution < 1.29 is 45.0 Å². The molecule has 0 radical (unpaired) electrons. The summed E-state index contributed by atoms with van der Waals surface area (Å²) in [5, 5.41) is 58.8. The van der Waals surface area contributed by atoms with Crippen molar-refractivity contribution in [1.82, 2.24) is 0 Å². The van der Waals surface area contributed by atoms with Gasteiger partial charge in [0, 0.05) is 33.4 Å². The molecule has 0 aliphatic carbocycles. The molecule has 0 bridgehead atoms. The van der Waals surface area contributed by atoms with Gasteiger partial charge in [-0.1, -0.05) is 71.0 Å². The number of aromatic carboxylic acids is 3. The van der Waals surface area contributed by atoms with Gasteiger partial charge in [-0.05, 0) is 146 Å². The van der Waals surface area contributed by atoms with Gasteiger partial charge >= 0.3 is 17.9 Å². The zero-order valence-electron chi connectivity index (χ0n) is 34.3. The zero-order chi connectivity index (χ0) is 46.6. The second kappa shape index (κ2) is 20.1. The van der Waals surface area contributed by atoms with E-state index in [9.17, 15) is 45.0 Å². The maximum Gasteiger partial charge on any atom is 0.335 e. The Hall–Kier alpha value is -10.3. The second-order valence-electron chi connectivity index (χ2n) is 14.0. The molecule has 0 aliphatic heterocycles. The fourth-order valence-corrected chi connectivity index (χ4v) is 6.03. The lowest BCUT2D eigenvalue weighted by atomic mass is 9.86. The highest BCUT2D eigenvalue weighted by Gasteiger charge is 2.21. The van der Waals surface area contributed by atoms with Crippen LogP contribution in [-0.2, 0) is 0 Å². The van der Waals surface area contributed by atoms with Crippen molar-refractivity contribution in [2.45, 2.75) is 0 Å². The van der Waals surface area contributed by atoms with Gasteiger partial charge in [-0.15, -0.1) is 0 Å². The molecule has 9 heteroatoms.